The molecular weight excluding hydrogens is 200 g/mol. The summed E-state index contributed by atoms with van der Waals surface area (Å²) in [6.45, 7) is 12.4. The first kappa shape index (κ1) is 13.3. The number of rotatable bonds is 3. The van der Waals surface area contributed by atoms with E-state index in [0.717, 1.165) is 6.42 Å². The molecule has 2 nitrogen and oxygen atoms in total. The first-order valence-electron chi connectivity index (χ1n) is 6.18. The van der Waals surface area contributed by atoms with Crippen molar-refractivity contribution in [1.29, 1.82) is 0 Å². The van der Waals surface area contributed by atoms with Gasteiger partial charge in [-0.1, -0.05) is 41.5 Å². The van der Waals surface area contributed by atoms with E-state index in [2.05, 4.69) is 34.6 Å². The Labute approximate surface area is 98.7 Å². The molecule has 1 N–H and O–H groups in total. The van der Waals surface area contributed by atoms with Gasteiger partial charge in [-0.25, -0.2) is 0 Å². The molecule has 0 aromatic heterocycles. The summed E-state index contributed by atoms with van der Waals surface area (Å²) in [4.78, 5) is 12.0. The van der Waals surface area contributed by atoms with Crippen molar-refractivity contribution >= 4 is 5.78 Å². The standard InChI is InChI=1S/C14H24O2/c1-7-9-12(16)11(10(15)8-2)14(5,6)13(9,3)4/h9,16H,7-8H2,1-6H3. The lowest BCUT2D eigenvalue weighted by Gasteiger charge is -2.40. The van der Waals surface area contributed by atoms with Crippen LogP contribution in [0, 0.1) is 16.7 Å². The third-order valence-electron chi connectivity index (χ3n) is 4.70. The topological polar surface area (TPSA) is 37.3 Å². The van der Waals surface area contributed by atoms with Gasteiger partial charge in [0.15, 0.2) is 5.78 Å². The largest absolute Gasteiger partial charge is 0.512 e. The number of Topliss-reactive ketones (excluding diaryl/α,β-unsaturated/α-hetero) is 1. The number of ketones is 1. The van der Waals surface area contributed by atoms with Gasteiger partial charge in [-0.2, -0.15) is 0 Å². The molecule has 0 heterocycles. The van der Waals surface area contributed by atoms with E-state index >= 15 is 0 Å². The van der Waals surface area contributed by atoms with Crippen LogP contribution in [0.1, 0.15) is 54.4 Å². The zero-order chi connectivity index (χ0) is 12.7. The summed E-state index contributed by atoms with van der Waals surface area (Å²) in [7, 11) is 0. The molecule has 1 aliphatic carbocycles. The molecule has 0 aliphatic heterocycles. The molecule has 0 spiro atoms. The van der Waals surface area contributed by atoms with Crippen molar-refractivity contribution in [2.45, 2.75) is 54.4 Å². The van der Waals surface area contributed by atoms with Gasteiger partial charge in [0.2, 0.25) is 0 Å². The number of hydrogen-bond acceptors (Lipinski definition) is 2. The fraction of sp³-hybridized carbons (Fsp3) is 0.786. The van der Waals surface area contributed by atoms with Gasteiger partial charge in [-0.05, 0) is 11.8 Å². The van der Waals surface area contributed by atoms with Crippen molar-refractivity contribution in [2.24, 2.45) is 16.7 Å². The van der Waals surface area contributed by atoms with E-state index < -0.39 is 0 Å². The minimum atomic E-state index is -0.245. The van der Waals surface area contributed by atoms with Crippen LogP contribution in [0.5, 0.6) is 0 Å². The average Bonchev–Trinajstić information content (AvgIpc) is 2.29. The van der Waals surface area contributed by atoms with Crippen LogP contribution < -0.4 is 0 Å². The van der Waals surface area contributed by atoms with Gasteiger partial charge in [0.1, 0.15) is 5.76 Å². The molecule has 2 heteroatoms. The van der Waals surface area contributed by atoms with Crippen LogP contribution in [0.3, 0.4) is 0 Å². The maximum atomic E-state index is 12.0. The van der Waals surface area contributed by atoms with Crippen molar-refractivity contribution in [2.75, 3.05) is 0 Å². The van der Waals surface area contributed by atoms with Gasteiger partial charge >= 0.3 is 0 Å². The molecule has 1 atom stereocenters. The summed E-state index contributed by atoms with van der Waals surface area (Å²) >= 11 is 0. The Kier molecular flexibility index (Phi) is 3.24. The third-order valence-corrected chi connectivity index (χ3v) is 4.70. The highest BCUT2D eigenvalue weighted by molar-refractivity contribution is 5.97. The zero-order valence-electron chi connectivity index (χ0n) is 11.3. The van der Waals surface area contributed by atoms with Crippen LogP contribution in [0.2, 0.25) is 0 Å². The Hall–Kier alpha value is -0.790. The number of carbonyl (C=O) groups is 1. The molecule has 0 aromatic carbocycles. The van der Waals surface area contributed by atoms with Gasteiger partial charge in [-0.15, -0.1) is 0 Å². The van der Waals surface area contributed by atoms with E-state index in [4.69, 9.17) is 0 Å². The van der Waals surface area contributed by atoms with Crippen molar-refractivity contribution in [3.05, 3.63) is 11.3 Å². The number of aliphatic hydroxyl groups is 1. The maximum Gasteiger partial charge on any atom is 0.162 e. The molecule has 0 amide bonds. The number of aliphatic hydroxyl groups excluding tert-OH is 1. The van der Waals surface area contributed by atoms with Gasteiger partial charge < -0.3 is 5.11 Å². The van der Waals surface area contributed by atoms with E-state index in [1.54, 1.807) is 0 Å². The Balaban J connectivity index is 3.34. The Morgan fingerprint density at radius 3 is 2.06 bits per heavy atom. The lowest BCUT2D eigenvalue weighted by molar-refractivity contribution is -0.116. The second-order valence-electron chi connectivity index (χ2n) is 5.84. The molecular formula is C14H24O2. The van der Waals surface area contributed by atoms with E-state index in [1.165, 1.54) is 0 Å². The van der Waals surface area contributed by atoms with Crippen molar-refractivity contribution in [3.8, 4) is 0 Å². The molecule has 0 fully saturated rings. The molecule has 0 radical (unpaired) electrons. The summed E-state index contributed by atoms with van der Waals surface area (Å²) in [5.41, 5.74) is 0.350. The van der Waals surface area contributed by atoms with Gasteiger partial charge in [-0.3, -0.25) is 4.79 Å². The highest BCUT2D eigenvalue weighted by Gasteiger charge is 2.54. The molecule has 1 rings (SSSR count). The summed E-state index contributed by atoms with van der Waals surface area (Å²) in [5, 5.41) is 10.3. The van der Waals surface area contributed by atoms with Crippen molar-refractivity contribution in [3.63, 3.8) is 0 Å². The summed E-state index contributed by atoms with van der Waals surface area (Å²) in [5.74, 6) is 0.531. The molecule has 1 aliphatic rings. The lowest BCUT2D eigenvalue weighted by atomic mass is 9.63. The fourth-order valence-electron chi connectivity index (χ4n) is 2.97. The minimum Gasteiger partial charge on any atom is -0.512 e. The van der Waals surface area contributed by atoms with E-state index in [-0.39, 0.29) is 22.5 Å². The molecule has 1 unspecified atom stereocenters. The van der Waals surface area contributed by atoms with Crippen LogP contribution >= 0.6 is 0 Å². The molecule has 0 aromatic rings. The average molecular weight is 224 g/mol. The minimum absolute atomic E-state index is 0.0635. The summed E-state index contributed by atoms with van der Waals surface area (Å²) in [6, 6.07) is 0. The van der Waals surface area contributed by atoms with E-state index in [0.29, 0.717) is 17.8 Å². The van der Waals surface area contributed by atoms with E-state index in [9.17, 15) is 9.90 Å². The van der Waals surface area contributed by atoms with Crippen LogP contribution in [-0.4, -0.2) is 10.9 Å². The third kappa shape index (κ3) is 1.50. The van der Waals surface area contributed by atoms with Gasteiger partial charge in [0, 0.05) is 23.3 Å². The number of carbonyl (C=O) groups excluding carboxylic acids is 1. The fourth-order valence-corrected chi connectivity index (χ4v) is 2.97. The first-order chi connectivity index (χ1) is 7.21. The molecule has 92 valence electrons. The van der Waals surface area contributed by atoms with Gasteiger partial charge in [0.05, 0.1) is 0 Å². The predicted molar refractivity (Wildman–Crippen MR) is 66.3 cm³/mol. The Morgan fingerprint density at radius 2 is 1.75 bits per heavy atom. The van der Waals surface area contributed by atoms with Crippen LogP contribution in [0.25, 0.3) is 0 Å². The van der Waals surface area contributed by atoms with Crippen molar-refractivity contribution in [1.82, 2.24) is 0 Å². The van der Waals surface area contributed by atoms with Crippen LogP contribution in [-0.2, 0) is 4.79 Å². The predicted octanol–water partition coefficient (Wildman–Crippen LogP) is 3.87. The highest BCUT2D eigenvalue weighted by Crippen LogP contribution is 2.59. The Morgan fingerprint density at radius 1 is 1.25 bits per heavy atom. The van der Waals surface area contributed by atoms with Crippen LogP contribution in [0.4, 0.5) is 0 Å². The monoisotopic (exact) mass is 224 g/mol. The Bertz CT molecular complexity index is 335. The smallest absolute Gasteiger partial charge is 0.162 e. The molecule has 0 saturated carbocycles. The van der Waals surface area contributed by atoms with Crippen molar-refractivity contribution < 1.29 is 9.90 Å². The SMILES string of the molecule is CCC(=O)C1=C(O)C(CC)C(C)(C)C1(C)C. The van der Waals surface area contributed by atoms with E-state index in [1.807, 2.05) is 6.92 Å². The lowest BCUT2D eigenvalue weighted by Crippen LogP contribution is -2.35. The number of hydrogen-bond donors (Lipinski definition) is 1. The molecule has 0 bridgehead atoms. The quantitative estimate of drug-likeness (QED) is 0.790. The second-order valence-corrected chi connectivity index (χ2v) is 5.84. The molecule has 0 saturated heterocycles. The molecule has 16 heavy (non-hydrogen) atoms. The normalized spacial score (nSPS) is 27.2. The van der Waals surface area contributed by atoms with Gasteiger partial charge in [0.25, 0.3) is 0 Å². The highest BCUT2D eigenvalue weighted by atomic mass is 16.3. The zero-order valence-corrected chi connectivity index (χ0v) is 11.3. The first-order valence-corrected chi connectivity index (χ1v) is 6.18. The summed E-state index contributed by atoms with van der Waals surface area (Å²) < 4.78 is 0. The second kappa shape index (κ2) is 3.90. The number of allylic oxidation sites excluding steroid dienone is 2. The maximum absolute atomic E-state index is 12.0. The summed E-state index contributed by atoms with van der Waals surface area (Å²) in [6.07, 6.45) is 1.35. The van der Waals surface area contributed by atoms with Crippen LogP contribution in [0.15, 0.2) is 11.3 Å².